The SMILES string of the molecule is CCCC(=O)N1CCN2c3ncc(C(F)(F)F)cc3C(=O)C(C)CCC[C@@H]2C1. The predicted molar refractivity (Wildman–Crippen MR) is 99.2 cm³/mol. The average molecular weight is 397 g/mol. The maximum absolute atomic E-state index is 13.2. The number of alkyl halides is 3. The van der Waals surface area contributed by atoms with E-state index < -0.39 is 11.7 Å². The first-order chi connectivity index (χ1) is 13.2. The molecule has 2 atom stereocenters. The number of ketones is 1. The van der Waals surface area contributed by atoms with Crippen LogP contribution >= 0.6 is 0 Å². The quantitative estimate of drug-likeness (QED) is 0.759. The average Bonchev–Trinajstić information content (AvgIpc) is 2.70. The summed E-state index contributed by atoms with van der Waals surface area (Å²) in [6.07, 6.45) is -0.303. The first kappa shape index (κ1) is 20.6. The van der Waals surface area contributed by atoms with Gasteiger partial charge in [-0.1, -0.05) is 20.3 Å². The molecule has 2 aliphatic rings. The summed E-state index contributed by atoms with van der Waals surface area (Å²) in [7, 11) is 0. The fourth-order valence-electron chi connectivity index (χ4n) is 4.06. The van der Waals surface area contributed by atoms with E-state index in [1.807, 2.05) is 16.7 Å². The van der Waals surface area contributed by atoms with Crippen LogP contribution in [0.15, 0.2) is 12.3 Å². The molecular weight excluding hydrogens is 371 g/mol. The van der Waals surface area contributed by atoms with E-state index in [0.29, 0.717) is 38.3 Å². The Morgan fingerprint density at radius 1 is 1.29 bits per heavy atom. The molecule has 0 spiro atoms. The van der Waals surface area contributed by atoms with E-state index in [2.05, 4.69) is 4.98 Å². The van der Waals surface area contributed by atoms with Crippen molar-refractivity contribution in [1.82, 2.24) is 9.88 Å². The lowest BCUT2D eigenvalue weighted by Gasteiger charge is -2.42. The topological polar surface area (TPSA) is 53.5 Å². The van der Waals surface area contributed by atoms with Gasteiger partial charge in [0.25, 0.3) is 0 Å². The summed E-state index contributed by atoms with van der Waals surface area (Å²) < 4.78 is 39.5. The number of aromatic nitrogens is 1. The minimum Gasteiger partial charge on any atom is -0.349 e. The van der Waals surface area contributed by atoms with Gasteiger partial charge in [-0.2, -0.15) is 13.2 Å². The highest BCUT2D eigenvalue weighted by atomic mass is 19.4. The Hall–Kier alpha value is -2.12. The van der Waals surface area contributed by atoms with E-state index in [1.54, 1.807) is 6.92 Å². The minimum atomic E-state index is -4.55. The Morgan fingerprint density at radius 3 is 2.71 bits per heavy atom. The molecule has 0 N–H and O–H groups in total. The molecule has 1 aromatic heterocycles. The number of halogens is 3. The second kappa shape index (κ2) is 8.09. The monoisotopic (exact) mass is 397 g/mol. The highest BCUT2D eigenvalue weighted by Crippen LogP contribution is 2.35. The van der Waals surface area contributed by atoms with Gasteiger partial charge in [-0.15, -0.1) is 0 Å². The number of amides is 1. The van der Waals surface area contributed by atoms with Gasteiger partial charge in [0.15, 0.2) is 5.78 Å². The summed E-state index contributed by atoms with van der Waals surface area (Å²) >= 11 is 0. The number of pyridine rings is 1. The molecule has 2 aliphatic heterocycles. The van der Waals surface area contributed by atoms with Crippen molar-refractivity contribution in [2.24, 2.45) is 5.92 Å². The molecule has 1 fully saturated rings. The second-order valence-electron chi connectivity index (χ2n) is 7.73. The van der Waals surface area contributed by atoms with Crippen LogP contribution in [0.3, 0.4) is 0 Å². The Morgan fingerprint density at radius 2 is 2.04 bits per heavy atom. The van der Waals surface area contributed by atoms with Crippen LogP contribution in [0.2, 0.25) is 0 Å². The van der Waals surface area contributed by atoms with Crippen molar-refractivity contribution in [2.45, 2.75) is 58.2 Å². The van der Waals surface area contributed by atoms with Gasteiger partial charge in [0.1, 0.15) is 5.82 Å². The van der Waals surface area contributed by atoms with Crippen LogP contribution in [0, 0.1) is 5.92 Å². The third-order valence-electron chi connectivity index (χ3n) is 5.65. The van der Waals surface area contributed by atoms with E-state index in [9.17, 15) is 22.8 Å². The Balaban J connectivity index is 1.98. The number of piperazine rings is 1. The summed E-state index contributed by atoms with van der Waals surface area (Å²) in [6.45, 7) is 5.19. The van der Waals surface area contributed by atoms with Gasteiger partial charge in [0.05, 0.1) is 11.1 Å². The van der Waals surface area contributed by atoms with Gasteiger partial charge in [-0.3, -0.25) is 9.59 Å². The molecule has 1 unspecified atom stereocenters. The third-order valence-corrected chi connectivity index (χ3v) is 5.65. The molecule has 0 bridgehead atoms. The van der Waals surface area contributed by atoms with Crippen LogP contribution in [0.25, 0.3) is 0 Å². The zero-order valence-corrected chi connectivity index (χ0v) is 16.3. The smallest absolute Gasteiger partial charge is 0.349 e. The molecule has 0 saturated carbocycles. The fourth-order valence-corrected chi connectivity index (χ4v) is 4.06. The lowest BCUT2D eigenvalue weighted by Crippen LogP contribution is -2.55. The number of nitrogens with zero attached hydrogens (tertiary/aromatic N) is 3. The molecule has 28 heavy (non-hydrogen) atoms. The summed E-state index contributed by atoms with van der Waals surface area (Å²) in [5.41, 5.74) is -0.859. The van der Waals surface area contributed by atoms with Crippen molar-refractivity contribution in [1.29, 1.82) is 0 Å². The normalized spacial score (nSPS) is 23.4. The van der Waals surface area contributed by atoms with Crippen molar-refractivity contribution < 1.29 is 22.8 Å². The maximum Gasteiger partial charge on any atom is 0.417 e. The molecule has 0 aliphatic carbocycles. The number of anilines is 1. The number of hydrogen-bond acceptors (Lipinski definition) is 4. The van der Waals surface area contributed by atoms with Crippen LogP contribution in [-0.4, -0.2) is 47.3 Å². The summed E-state index contributed by atoms with van der Waals surface area (Å²) in [4.78, 5) is 33.0. The van der Waals surface area contributed by atoms with Gasteiger partial charge in [0, 0.05) is 44.2 Å². The number of fused-ring (bicyclic) bond motifs is 3. The zero-order chi connectivity index (χ0) is 20.5. The van der Waals surface area contributed by atoms with Gasteiger partial charge in [-0.25, -0.2) is 4.98 Å². The van der Waals surface area contributed by atoms with E-state index in [-0.39, 0.29) is 29.2 Å². The van der Waals surface area contributed by atoms with Crippen molar-refractivity contribution in [3.8, 4) is 0 Å². The molecule has 5 nitrogen and oxygen atoms in total. The highest BCUT2D eigenvalue weighted by molar-refractivity contribution is 6.02. The highest BCUT2D eigenvalue weighted by Gasteiger charge is 2.37. The van der Waals surface area contributed by atoms with Gasteiger partial charge < -0.3 is 9.80 Å². The number of carbonyl (C=O) groups excluding carboxylic acids is 2. The van der Waals surface area contributed by atoms with Crippen LogP contribution in [0.5, 0.6) is 0 Å². The lowest BCUT2D eigenvalue weighted by atomic mass is 9.94. The van der Waals surface area contributed by atoms with E-state index in [0.717, 1.165) is 31.5 Å². The van der Waals surface area contributed by atoms with Crippen LogP contribution in [-0.2, 0) is 11.0 Å². The first-order valence-electron chi connectivity index (χ1n) is 9.88. The van der Waals surface area contributed by atoms with Crippen molar-refractivity contribution >= 4 is 17.5 Å². The van der Waals surface area contributed by atoms with Gasteiger partial charge in [-0.05, 0) is 25.3 Å². The summed E-state index contributed by atoms with van der Waals surface area (Å²) in [5.74, 6) is -0.228. The molecule has 154 valence electrons. The fraction of sp³-hybridized carbons (Fsp3) is 0.650. The number of carbonyl (C=O) groups is 2. The molecule has 8 heteroatoms. The molecule has 0 aromatic carbocycles. The second-order valence-corrected chi connectivity index (χ2v) is 7.73. The maximum atomic E-state index is 13.2. The van der Waals surface area contributed by atoms with E-state index in [1.165, 1.54) is 0 Å². The molecule has 3 rings (SSSR count). The molecular formula is C20H26F3N3O2. The molecule has 1 saturated heterocycles. The van der Waals surface area contributed by atoms with Crippen molar-refractivity contribution in [3.05, 3.63) is 23.4 Å². The number of Topliss-reactive ketones (excluding diaryl/α,β-unsaturated/α-hetero) is 1. The summed E-state index contributed by atoms with van der Waals surface area (Å²) in [5, 5.41) is 0. The van der Waals surface area contributed by atoms with E-state index in [4.69, 9.17) is 0 Å². The lowest BCUT2D eigenvalue weighted by molar-refractivity contribution is -0.138. The number of rotatable bonds is 2. The molecule has 1 amide bonds. The predicted octanol–water partition coefficient (Wildman–Crippen LogP) is 3.92. The van der Waals surface area contributed by atoms with Crippen LogP contribution in [0.4, 0.5) is 19.0 Å². The number of hydrogen-bond donors (Lipinski definition) is 0. The molecule has 3 heterocycles. The van der Waals surface area contributed by atoms with Gasteiger partial charge in [0.2, 0.25) is 5.91 Å². The molecule has 1 aromatic rings. The standard InChI is InChI=1S/C20H26F3N3O2/c1-3-5-17(27)25-8-9-26-15(12-25)7-4-6-13(2)18(28)16-10-14(20(21,22)23)11-24-19(16)26/h10-11,13,15H,3-9,12H2,1-2H3/t13?,15-/m1/s1. The summed E-state index contributed by atoms with van der Waals surface area (Å²) in [6, 6.07) is 0.897. The molecule has 0 radical (unpaired) electrons. The Kier molecular flexibility index (Phi) is 5.95. The van der Waals surface area contributed by atoms with Crippen molar-refractivity contribution in [2.75, 3.05) is 24.5 Å². The van der Waals surface area contributed by atoms with E-state index >= 15 is 0 Å². The Labute approximate surface area is 162 Å². The van der Waals surface area contributed by atoms with Gasteiger partial charge >= 0.3 is 6.18 Å². The largest absolute Gasteiger partial charge is 0.417 e. The third kappa shape index (κ3) is 4.15. The van der Waals surface area contributed by atoms with Crippen LogP contribution in [0.1, 0.15) is 61.9 Å². The first-order valence-corrected chi connectivity index (χ1v) is 9.88. The van der Waals surface area contributed by atoms with Crippen LogP contribution < -0.4 is 4.90 Å². The van der Waals surface area contributed by atoms with Crippen molar-refractivity contribution in [3.63, 3.8) is 0 Å². The zero-order valence-electron chi connectivity index (χ0n) is 16.3. The minimum absolute atomic E-state index is 0.0440. The Bertz CT molecular complexity index is 751.